The third kappa shape index (κ3) is 28.0. The predicted octanol–water partition coefficient (Wildman–Crippen LogP) is 9.20. The number of benzene rings is 2. The Morgan fingerprint density at radius 2 is 1.53 bits per heavy atom. The summed E-state index contributed by atoms with van der Waals surface area (Å²) in [5.74, 6) is 0.966. The first-order chi connectivity index (χ1) is 20.2. The summed E-state index contributed by atoms with van der Waals surface area (Å²) in [4.78, 5) is 18.2. The summed E-state index contributed by atoms with van der Waals surface area (Å²) < 4.78 is 9.96. The lowest BCUT2D eigenvalue weighted by molar-refractivity contribution is -0.105. The molecule has 0 spiro atoms. The molecular weight excluding hydrogens is 555 g/mol. The number of hydrogen-bond acceptors (Lipinski definition) is 5. The van der Waals surface area contributed by atoms with Crippen molar-refractivity contribution in [3.05, 3.63) is 65.2 Å². The van der Waals surface area contributed by atoms with Gasteiger partial charge in [-0.2, -0.15) is 0 Å². The standard InChI is InChI=1S/C12H18O.C11H13NO.C5H13P.C4H10O.C3H9N.CH2O/c1-9-8-10(12(2,3)4)6-7-11(9)13-5;1-8(2)11-6-10(12-7-13)5-4-9(11)3;1-3-5-6-4-2;1-4(2)5-3;1-2-3-4;1-2/h6-8H,1-5H3;4-7H,1H2,2-3H3,(H,12,13);6H,3-5H2,1-2H3;4H,1-3H3;2-4H2,1H3;1H2. The number of hydrogen-bond donors (Lipinski definition) is 2. The number of rotatable bonds is 9. The zero-order chi connectivity index (χ0) is 34.4. The number of allylic oxidation sites excluding steroid dienone is 1. The van der Waals surface area contributed by atoms with Crippen LogP contribution in [-0.4, -0.2) is 52.4 Å². The molecule has 0 saturated carbocycles. The fourth-order valence-electron chi connectivity index (χ4n) is 2.94. The molecule has 248 valence electrons. The fourth-order valence-corrected chi connectivity index (χ4v) is 3.65. The van der Waals surface area contributed by atoms with E-state index in [9.17, 15) is 4.79 Å². The number of ether oxygens (including phenoxy) is 2. The van der Waals surface area contributed by atoms with Crippen LogP contribution in [0.5, 0.6) is 5.75 Å². The van der Waals surface area contributed by atoms with E-state index in [2.05, 4.69) is 72.5 Å². The zero-order valence-electron chi connectivity index (χ0n) is 29.8. The Bertz CT molecular complexity index is 951. The Hall–Kier alpha value is -2.53. The highest BCUT2D eigenvalue weighted by atomic mass is 31.1. The molecule has 2 rings (SSSR count). The lowest BCUT2D eigenvalue weighted by atomic mass is 9.86. The van der Waals surface area contributed by atoms with Crippen LogP contribution in [0.2, 0.25) is 0 Å². The van der Waals surface area contributed by atoms with Crippen molar-refractivity contribution in [1.82, 2.24) is 0 Å². The SMILES string of the molecule is C=C(C)c1cc(NC=O)ccc1C.C=O.CCCN.CCCPCC.COC(C)C.COc1ccc(C(C)(C)C)cc1C. The number of methoxy groups -OCH3 is 2. The molecule has 43 heavy (non-hydrogen) atoms. The van der Waals surface area contributed by atoms with Gasteiger partial charge in [0.05, 0.1) is 13.2 Å². The minimum Gasteiger partial charge on any atom is -0.496 e. The van der Waals surface area contributed by atoms with Gasteiger partial charge in [-0.1, -0.05) is 78.3 Å². The second kappa shape index (κ2) is 30.9. The third-order valence-corrected chi connectivity index (χ3v) is 6.97. The van der Waals surface area contributed by atoms with E-state index in [1.807, 2.05) is 58.7 Å². The molecule has 2 aromatic carbocycles. The van der Waals surface area contributed by atoms with Gasteiger partial charge < -0.3 is 25.3 Å². The van der Waals surface area contributed by atoms with Crippen LogP contribution in [-0.2, 0) is 19.7 Å². The van der Waals surface area contributed by atoms with Crippen molar-refractivity contribution in [2.75, 3.05) is 38.4 Å². The van der Waals surface area contributed by atoms with E-state index in [1.54, 1.807) is 14.2 Å². The Labute approximate surface area is 267 Å². The van der Waals surface area contributed by atoms with Crippen LogP contribution >= 0.6 is 8.58 Å². The molecule has 2 aromatic rings. The molecule has 0 bridgehead atoms. The smallest absolute Gasteiger partial charge is 0.211 e. The Morgan fingerprint density at radius 3 is 1.84 bits per heavy atom. The molecule has 0 aromatic heterocycles. The van der Waals surface area contributed by atoms with Gasteiger partial charge in [-0.25, -0.2) is 0 Å². The maximum atomic E-state index is 10.2. The lowest BCUT2D eigenvalue weighted by Gasteiger charge is -2.20. The average Bonchev–Trinajstić information content (AvgIpc) is 2.98. The van der Waals surface area contributed by atoms with E-state index in [4.69, 9.17) is 20.0 Å². The molecule has 7 heteroatoms. The van der Waals surface area contributed by atoms with Gasteiger partial charge in [0.25, 0.3) is 0 Å². The van der Waals surface area contributed by atoms with Crippen LogP contribution in [0.15, 0.2) is 43.0 Å². The highest BCUT2D eigenvalue weighted by Gasteiger charge is 2.14. The van der Waals surface area contributed by atoms with E-state index in [-0.39, 0.29) is 5.41 Å². The normalized spacial score (nSPS) is 9.74. The number of carbonyl (C=O) groups excluding carboxylic acids is 2. The summed E-state index contributed by atoms with van der Waals surface area (Å²) in [7, 11) is 4.62. The van der Waals surface area contributed by atoms with Gasteiger partial charge in [0.2, 0.25) is 6.41 Å². The van der Waals surface area contributed by atoms with E-state index in [0.717, 1.165) is 35.5 Å². The molecule has 0 fully saturated rings. The third-order valence-electron chi connectivity index (χ3n) is 5.62. The van der Waals surface area contributed by atoms with E-state index in [1.165, 1.54) is 44.0 Å². The first-order valence-electron chi connectivity index (χ1n) is 15.0. The summed E-state index contributed by atoms with van der Waals surface area (Å²) in [6.07, 6.45) is 6.35. The zero-order valence-corrected chi connectivity index (χ0v) is 30.8. The average molecular weight is 621 g/mol. The van der Waals surface area contributed by atoms with Crippen LogP contribution in [0.25, 0.3) is 5.57 Å². The highest BCUT2D eigenvalue weighted by Crippen LogP contribution is 2.27. The second-order valence-corrected chi connectivity index (χ2v) is 12.6. The molecule has 0 aliphatic carbocycles. The monoisotopic (exact) mass is 620 g/mol. The molecule has 0 aliphatic rings. The van der Waals surface area contributed by atoms with Crippen molar-refractivity contribution in [2.45, 2.75) is 101 Å². The quantitative estimate of drug-likeness (QED) is 0.166. The lowest BCUT2D eigenvalue weighted by Crippen LogP contribution is -2.11. The van der Waals surface area contributed by atoms with Crippen molar-refractivity contribution in [1.29, 1.82) is 0 Å². The minimum absolute atomic E-state index is 0.219. The molecule has 1 atom stereocenters. The summed E-state index contributed by atoms with van der Waals surface area (Å²) in [6.45, 7) is 29.9. The van der Waals surface area contributed by atoms with Crippen LogP contribution in [0, 0.1) is 13.8 Å². The summed E-state index contributed by atoms with van der Waals surface area (Å²) in [5, 5.41) is 2.61. The topological polar surface area (TPSA) is 90.7 Å². The number of amides is 1. The van der Waals surface area contributed by atoms with Gasteiger partial charge in [-0.15, -0.1) is 8.58 Å². The van der Waals surface area contributed by atoms with Gasteiger partial charge >= 0.3 is 0 Å². The number of nitrogens with one attached hydrogen (secondary N) is 1. The van der Waals surface area contributed by atoms with E-state index in [0.29, 0.717) is 12.5 Å². The van der Waals surface area contributed by atoms with Gasteiger partial charge in [-0.05, 0) is 106 Å². The number of aryl methyl sites for hydroxylation is 2. The van der Waals surface area contributed by atoms with Crippen LogP contribution in [0.3, 0.4) is 0 Å². The number of nitrogens with two attached hydrogens (primary N) is 1. The maximum Gasteiger partial charge on any atom is 0.211 e. The van der Waals surface area contributed by atoms with Crippen LogP contribution in [0.4, 0.5) is 5.69 Å². The molecule has 1 amide bonds. The summed E-state index contributed by atoms with van der Waals surface area (Å²) >= 11 is 0. The number of carbonyl (C=O) groups is 2. The maximum absolute atomic E-state index is 10.2. The van der Waals surface area contributed by atoms with Gasteiger partial charge in [-0.3, -0.25) is 4.79 Å². The Morgan fingerprint density at radius 1 is 1.00 bits per heavy atom. The van der Waals surface area contributed by atoms with Gasteiger partial charge in [0.1, 0.15) is 12.5 Å². The second-order valence-electron chi connectivity index (χ2n) is 10.9. The van der Waals surface area contributed by atoms with E-state index >= 15 is 0 Å². The van der Waals surface area contributed by atoms with Crippen LogP contribution in [0.1, 0.15) is 97.4 Å². The molecule has 0 heterocycles. The Balaban J connectivity index is -0.000000236. The molecule has 3 N–H and O–H groups in total. The first kappa shape index (κ1) is 47.4. The summed E-state index contributed by atoms with van der Waals surface area (Å²) in [6, 6.07) is 12.1. The molecule has 1 unspecified atom stereocenters. The Kier molecular flexibility index (Phi) is 34.1. The molecular formula is C36H65N2O4P. The van der Waals surface area contributed by atoms with Crippen LogP contribution < -0.4 is 15.8 Å². The predicted molar refractivity (Wildman–Crippen MR) is 195 cm³/mol. The van der Waals surface area contributed by atoms with E-state index < -0.39 is 0 Å². The van der Waals surface area contributed by atoms with Crippen molar-refractivity contribution < 1.29 is 19.1 Å². The van der Waals surface area contributed by atoms with Crippen molar-refractivity contribution >= 4 is 33.0 Å². The summed E-state index contributed by atoms with van der Waals surface area (Å²) in [5.41, 5.74) is 11.9. The van der Waals surface area contributed by atoms with Gasteiger partial charge in [0.15, 0.2) is 0 Å². The molecule has 0 aliphatic heterocycles. The molecule has 0 saturated heterocycles. The molecule has 6 nitrogen and oxygen atoms in total. The largest absolute Gasteiger partial charge is 0.496 e. The molecule has 0 radical (unpaired) electrons. The first-order valence-corrected chi connectivity index (χ1v) is 16.5. The van der Waals surface area contributed by atoms with Crippen molar-refractivity contribution in [2.24, 2.45) is 5.73 Å². The number of anilines is 1. The minimum atomic E-state index is 0.219. The van der Waals surface area contributed by atoms with Crippen molar-refractivity contribution in [3.8, 4) is 5.75 Å². The fraction of sp³-hybridized carbons (Fsp3) is 0.556. The van der Waals surface area contributed by atoms with Crippen molar-refractivity contribution in [3.63, 3.8) is 0 Å². The highest BCUT2D eigenvalue weighted by molar-refractivity contribution is 7.37. The van der Waals surface area contributed by atoms with Gasteiger partial charge in [0, 0.05) is 12.8 Å².